The van der Waals surface area contributed by atoms with Crippen LogP contribution >= 0.6 is 0 Å². The third-order valence-electron chi connectivity index (χ3n) is 6.75. The van der Waals surface area contributed by atoms with Crippen molar-refractivity contribution in [2.45, 2.75) is 18.5 Å². The molecule has 1 atom stereocenters. The van der Waals surface area contributed by atoms with Gasteiger partial charge in [-0.1, -0.05) is 78.9 Å². The maximum Gasteiger partial charge on any atom is 0.252 e. The van der Waals surface area contributed by atoms with Crippen LogP contribution in [0, 0.1) is 5.82 Å². The Labute approximate surface area is 196 Å². The van der Waals surface area contributed by atoms with Gasteiger partial charge >= 0.3 is 0 Å². The fraction of sp³-hybridized carbons (Fsp3) is 0.103. The van der Waals surface area contributed by atoms with Gasteiger partial charge in [0.15, 0.2) is 5.41 Å². The van der Waals surface area contributed by atoms with Crippen molar-refractivity contribution in [3.63, 3.8) is 0 Å². The zero-order valence-electron chi connectivity index (χ0n) is 18.3. The number of halogens is 1. The van der Waals surface area contributed by atoms with E-state index in [1.54, 1.807) is 15.9 Å². The average Bonchev–Trinajstić information content (AvgIpc) is 3.25. The molecule has 0 saturated carbocycles. The second kappa shape index (κ2) is 7.66. The fourth-order valence-electron chi connectivity index (χ4n) is 5.24. The number of anilines is 2. The number of fused-ring (bicyclic) bond motifs is 4. The molecule has 2 aliphatic heterocycles. The summed E-state index contributed by atoms with van der Waals surface area (Å²) in [6.07, 6.45) is 0. The van der Waals surface area contributed by atoms with Gasteiger partial charge in [0.1, 0.15) is 5.82 Å². The van der Waals surface area contributed by atoms with Gasteiger partial charge in [-0.2, -0.15) is 0 Å². The number of amides is 2. The van der Waals surface area contributed by atoms with Crippen molar-refractivity contribution in [2.24, 2.45) is 0 Å². The molecule has 34 heavy (non-hydrogen) atoms. The molecule has 0 aliphatic carbocycles. The first-order chi connectivity index (χ1) is 16.6. The van der Waals surface area contributed by atoms with Crippen LogP contribution in [0.5, 0.6) is 0 Å². The lowest BCUT2D eigenvalue weighted by Gasteiger charge is -2.24. The van der Waals surface area contributed by atoms with Crippen LogP contribution in [-0.2, 0) is 28.1 Å². The molecule has 0 bridgehead atoms. The van der Waals surface area contributed by atoms with Gasteiger partial charge in [-0.25, -0.2) is 4.39 Å². The Morgan fingerprint density at radius 1 is 0.588 bits per heavy atom. The van der Waals surface area contributed by atoms with Gasteiger partial charge in [0.05, 0.1) is 13.1 Å². The summed E-state index contributed by atoms with van der Waals surface area (Å²) < 4.78 is 14.6. The quantitative estimate of drug-likeness (QED) is 0.403. The van der Waals surface area contributed by atoms with Crippen molar-refractivity contribution < 1.29 is 14.0 Å². The van der Waals surface area contributed by atoms with E-state index in [-0.39, 0.29) is 11.8 Å². The molecule has 2 aliphatic rings. The van der Waals surface area contributed by atoms with Gasteiger partial charge in [-0.15, -0.1) is 0 Å². The minimum Gasteiger partial charge on any atom is -0.306 e. The van der Waals surface area contributed by atoms with E-state index in [1.165, 1.54) is 12.1 Å². The summed E-state index contributed by atoms with van der Waals surface area (Å²) in [4.78, 5) is 31.7. The van der Waals surface area contributed by atoms with Crippen LogP contribution in [0.4, 0.5) is 15.8 Å². The molecule has 0 saturated heterocycles. The normalized spacial score (nSPS) is 18.5. The molecule has 0 radical (unpaired) electrons. The Morgan fingerprint density at radius 3 is 1.68 bits per heavy atom. The smallest absolute Gasteiger partial charge is 0.252 e. The van der Waals surface area contributed by atoms with E-state index in [1.807, 2.05) is 84.9 Å². The largest absolute Gasteiger partial charge is 0.306 e. The molecular weight excluding hydrogens is 427 g/mol. The number of benzene rings is 4. The van der Waals surface area contributed by atoms with Crippen LogP contribution < -0.4 is 9.80 Å². The Balaban J connectivity index is 1.53. The molecule has 0 fully saturated rings. The van der Waals surface area contributed by atoms with Crippen LogP contribution in [0.2, 0.25) is 0 Å². The number of nitrogens with zero attached hydrogens (tertiary/aromatic N) is 2. The topological polar surface area (TPSA) is 40.6 Å². The summed E-state index contributed by atoms with van der Waals surface area (Å²) in [5, 5.41) is 0. The predicted octanol–water partition coefficient (Wildman–Crippen LogP) is 5.21. The van der Waals surface area contributed by atoms with Crippen molar-refractivity contribution in [3.8, 4) is 0 Å². The van der Waals surface area contributed by atoms with Gasteiger partial charge in [0, 0.05) is 22.5 Å². The summed E-state index contributed by atoms with van der Waals surface area (Å²) in [6.45, 7) is 0.628. The molecule has 0 N–H and O–H groups in total. The Bertz CT molecular complexity index is 1410. The molecule has 4 aromatic rings. The SMILES string of the molecule is O=C1N(Cc2ccccc2)c2ccccc2C12C(=O)N(Cc1ccccc1)c1ccc(F)cc12. The molecular formula is C29H21FN2O2. The summed E-state index contributed by atoms with van der Waals surface area (Å²) in [5.74, 6) is -1.16. The monoisotopic (exact) mass is 448 g/mol. The molecule has 4 aromatic carbocycles. The van der Waals surface area contributed by atoms with E-state index in [2.05, 4.69) is 0 Å². The summed E-state index contributed by atoms with van der Waals surface area (Å²) in [6, 6.07) is 30.9. The Kier molecular flexibility index (Phi) is 4.59. The van der Waals surface area contributed by atoms with Gasteiger partial charge in [-0.05, 0) is 35.4 Å². The Morgan fingerprint density at radius 2 is 1.09 bits per heavy atom. The summed E-state index contributed by atoms with van der Waals surface area (Å²) in [7, 11) is 0. The first-order valence-corrected chi connectivity index (χ1v) is 11.2. The van der Waals surface area contributed by atoms with Crippen molar-refractivity contribution in [1.82, 2.24) is 0 Å². The maximum absolute atomic E-state index is 14.6. The lowest BCUT2D eigenvalue weighted by atomic mass is 9.76. The van der Waals surface area contributed by atoms with E-state index in [0.29, 0.717) is 35.6 Å². The first kappa shape index (κ1) is 20.4. The number of carbonyl (C=O) groups excluding carboxylic acids is 2. The highest BCUT2D eigenvalue weighted by molar-refractivity contribution is 6.31. The third-order valence-corrected chi connectivity index (χ3v) is 6.75. The van der Waals surface area contributed by atoms with Crippen molar-refractivity contribution >= 4 is 23.2 Å². The number of hydrogen-bond donors (Lipinski definition) is 0. The number of carbonyl (C=O) groups is 2. The number of para-hydroxylation sites is 1. The summed E-state index contributed by atoms with van der Waals surface area (Å²) >= 11 is 0. The molecule has 1 unspecified atom stereocenters. The molecule has 2 heterocycles. The standard InChI is InChI=1S/C29H21FN2O2/c30-22-15-16-26-24(17-22)29(28(34)32(26)19-21-11-5-2-6-12-21)23-13-7-8-14-25(23)31(27(29)33)18-20-9-3-1-4-10-20/h1-17H,18-19H2. The highest BCUT2D eigenvalue weighted by Crippen LogP contribution is 2.54. The molecule has 1 spiro atoms. The first-order valence-electron chi connectivity index (χ1n) is 11.2. The van der Waals surface area contributed by atoms with E-state index in [4.69, 9.17) is 0 Å². The lowest BCUT2D eigenvalue weighted by Crippen LogP contribution is -2.48. The van der Waals surface area contributed by atoms with E-state index in [0.717, 1.165) is 11.1 Å². The van der Waals surface area contributed by atoms with Gasteiger partial charge < -0.3 is 9.80 Å². The van der Waals surface area contributed by atoms with E-state index < -0.39 is 11.2 Å². The molecule has 6 rings (SSSR count). The number of hydrogen-bond acceptors (Lipinski definition) is 2. The zero-order chi connectivity index (χ0) is 23.3. The number of rotatable bonds is 4. The summed E-state index contributed by atoms with van der Waals surface area (Å²) in [5.41, 5.74) is 2.54. The van der Waals surface area contributed by atoms with E-state index >= 15 is 0 Å². The highest BCUT2D eigenvalue weighted by Gasteiger charge is 2.63. The van der Waals surface area contributed by atoms with Crippen LogP contribution in [0.25, 0.3) is 0 Å². The molecule has 0 aromatic heterocycles. The van der Waals surface area contributed by atoms with Gasteiger partial charge in [0.25, 0.3) is 11.8 Å². The minimum absolute atomic E-state index is 0.300. The van der Waals surface area contributed by atoms with Gasteiger partial charge in [-0.3, -0.25) is 9.59 Å². The van der Waals surface area contributed by atoms with Crippen LogP contribution in [0.15, 0.2) is 103 Å². The molecule has 2 amide bonds. The third kappa shape index (κ3) is 2.83. The van der Waals surface area contributed by atoms with Crippen molar-refractivity contribution in [3.05, 3.63) is 131 Å². The van der Waals surface area contributed by atoms with Gasteiger partial charge in [0.2, 0.25) is 0 Å². The van der Waals surface area contributed by atoms with Crippen molar-refractivity contribution in [1.29, 1.82) is 0 Å². The Hall–Kier alpha value is -4.25. The maximum atomic E-state index is 14.6. The zero-order valence-corrected chi connectivity index (χ0v) is 18.3. The predicted molar refractivity (Wildman–Crippen MR) is 129 cm³/mol. The minimum atomic E-state index is -1.60. The lowest BCUT2D eigenvalue weighted by molar-refractivity contribution is -0.131. The highest BCUT2D eigenvalue weighted by atomic mass is 19.1. The second-order valence-corrected chi connectivity index (χ2v) is 8.68. The van der Waals surface area contributed by atoms with Crippen molar-refractivity contribution in [2.75, 3.05) is 9.80 Å². The van der Waals surface area contributed by atoms with Crippen LogP contribution in [0.1, 0.15) is 22.3 Å². The second-order valence-electron chi connectivity index (χ2n) is 8.68. The fourth-order valence-corrected chi connectivity index (χ4v) is 5.24. The van der Waals surface area contributed by atoms with E-state index in [9.17, 15) is 14.0 Å². The molecule has 5 heteroatoms. The van der Waals surface area contributed by atoms with Crippen LogP contribution in [-0.4, -0.2) is 11.8 Å². The molecule has 166 valence electrons. The molecule has 4 nitrogen and oxygen atoms in total. The van der Waals surface area contributed by atoms with Crippen LogP contribution in [0.3, 0.4) is 0 Å². The average molecular weight is 448 g/mol.